The van der Waals surface area contributed by atoms with Crippen molar-refractivity contribution in [1.82, 2.24) is 9.97 Å². The molecule has 0 saturated heterocycles. The summed E-state index contributed by atoms with van der Waals surface area (Å²) in [5.74, 6) is 0.667. The Bertz CT molecular complexity index is 3120. The number of thiophene rings is 2. The van der Waals surface area contributed by atoms with Crippen molar-refractivity contribution >= 4 is 96.2 Å². The van der Waals surface area contributed by atoms with E-state index in [0.29, 0.717) is 11.4 Å². The van der Waals surface area contributed by atoms with Crippen molar-refractivity contribution < 1.29 is 4.42 Å². The van der Waals surface area contributed by atoms with Crippen LogP contribution in [0.4, 0.5) is 0 Å². The van der Waals surface area contributed by atoms with Crippen LogP contribution in [0.5, 0.6) is 0 Å². The quantitative estimate of drug-likeness (QED) is 0.162. The average Bonchev–Trinajstić information content (AvgIpc) is 3.88. The van der Waals surface area contributed by atoms with E-state index in [1.165, 1.54) is 45.9 Å². The first-order chi connectivity index (χ1) is 25.6. The minimum absolute atomic E-state index is 0.666. The highest BCUT2D eigenvalue weighted by Gasteiger charge is 2.16. The number of fused-ring (bicyclic) bond motifs is 9. The van der Waals surface area contributed by atoms with Crippen LogP contribution in [0.3, 0.4) is 0 Å². The Morgan fingerprint density at radius 3 is 2.15 bits per heavy atom. The van der Waals surface area contributed by atoms with E-state index in [4.69, 9.17) is 14.4 Å². The monoisotopic (exact) mass is 702 g/mol. The summed E-state index contributed by atoms with van der Waals surface area (Å²) in [7, 11) is 0. The van der Waals surface area contributed by atoms with Gasteiger partial charge in [0.15, 0.2) is 11.4 Å². The van der Waals surface area contributed by atoms with Crippen LogP contribution < -0.4 is 0 Å². The Balaban J connectivity index is 1.04. The molecule has 0 bridgehead atoms. The molecular weight excluding hydrogens is 673 g/mol. The SMILES string of the molecule is C=C(/C=C(\C=C/C)c1ccc2oc3cnc(-c4cccc(-c5cccc6c5sc5ccccc56)c4)nc3c2c1)c1cccc2c1sc1ccccc12. The van der Waals surface area contributed by atoms with Gasteiger partial charge in [-0.15, -0.1) is 22.7 Å². The summed E-state index contributed by atoms with van der Waals surface area (Å²) in [5.41, 5.74) is 9.83. The van der Waals surface area contributed by atoms with Gasteiger partial charge in [-0.05, 0) is 76.7 Å². The largest absolute Gasteiger partial charge is 0.453 e. The molecule has 0 spiro atoms. The van der Waals surface area contributed by atoms with Crippen LogP contribution in [-0.4, -0.2) is 9.97 Å². The normalized spacial score (nSPS) is 12.4. The maximum Gasteiger partial charge on any atom is 0.172 e. The van der Waals surface area contributed by atoms with Crippen LogP contribution in [0.1, 0.15) is 18.1 Å². The molecule has 3 nitrogen and oxygen atoms in total. The van der Waals surface area contributed by atoms with Gasteiger partial charge in [-0.1, -0.05) is 116 Å². The molecule has 0 radical (unpaired) electrons. The fraction of sp³-hybridized carbons (Fsp3) is 0.0213. The molecule has 10 aromatic rings. The molecule has 246 valence electrons. The van der Waals surface area contributed by atoms with Crippen molar-refractivity contribution in [2.45, 2.75) is 6.92 Å². The second-order valence-electron chi connectivity index (χ2n) is 13.0. The number of allylic oxidation sites excluding steroid dienone is 5. The number of furan rings is 1. The van der Waals surface area contributed by atoms with Crippen molar-refractivity contribution in [3.05, 3.63) is 170 Å². The van der Waals surface area contributed by atoms with Gasteiger partial charge in [-0.2, -0.15) is 0 Å². The maximum atomic E-state index is 6.26. The van der Waals surface area contributed by atoms with Crippen molar-refractivity contribution in [1.29, 1.82) is 0 Å². The summed E-state index contributed by atoms with van der Waals surface area (Å²) >= 11 is 3.66. The van der Waals surface area contributed by atoms with E-state index < -0.39 is 0 Å². The predicted octanol–water partition coefficient (Wildman–Crippen LogP) is 14.1. The molecular formula is C47H30N2OS2. The molecule has 4 heterocycles. The van der Waals surface area contributed by atoms with Gasteiger partial charge in [0.1, 0.15) is 11.1 Å². The Hall–Kier alpha value is -6.14. The van der Waals surface area contributed by atoms with Crippen molar-refractivity contribution in [3.63, 3.8) is 0 Å². The standard InChI is InChI=1S/C47H30N2OS2/c1-3-11-29(24-28(2)33-16-9-18-37-35-14-4-6-20-42(35)51-45(33)37)30-22-23-40-39(26-30)44-41(50-40)27-48-47(49-44)32-13-8-12-31(25-32)34-17-10-19-38-36-15-5-7-21-43(36)52-46(34)38/h3-27H,2H2,1H3/b11-3-,29-24+. The fourth-order valence-electron chi connectivity index (χ4n) is 7.35. The van der Waals surface area contributed by atoms with E-state index in [1.807, 2.05) is 35.7 Å². The van der Waals surface area contributed by atoms with Gasteiger partial charge < -0.3 is 4.42 Å². The van der Waals surface area contributed by atoms with Crippen LogP contribution in [0.15, 0.2) is 163 Å². The summed E-state index contributed by atoms with van der Waals surface area (Å²) in [4.78, 5) is 9.89. The van der Waals surface area contributed by atoms with Crippen LogP contribution >= 0.6 is 22.7 Å². The van der Waals surface area contributed by atoms with Crippen molar-refractivity contribution in [2.75, 3.05) is 0 Å². The second kappa shape index (κ2) is 12.3. The Kier molecular flexibility index (Phi) is 7.24. The Morgan fingerprint density at radius 1 is 0.654 bits per heavy atom. The minimum Gasteiger partial charge on any atom is -0.453 e. The van der Waals surface area contributed by atoms with E-state index >= 15 is 0 Å². The summed E-state index contributed by atoms with van der Waals surface area (Å²) in [6.07, 6.45) is 8.20. The zero-order valence-electron chi connectivity index (χ0n) is 28.3. The van der Waals surface area contributed by atoms with Crippen molar-refractivity contribution in [2.24, 2.45) is 0 Å². The highest BCUT2D eigenvalue weighted by atomic mass is 32.1. The van der Waals surface area contributed by atoms with E-state index in [0.717, 1.165) is 49.9 Å². The molecule has 0 atom stereocenters. The van der Waals surface area contributed by atoms with Gasteiger partial charge >= 0.3 is 0 Å². The van der Waals surface area contributed by atoms with Crippen LogP contribution in [0.25, 0.3) is 96.1 Å². The summed E-state index contributed by atoms with van der Waals surface area (Å²) in [5, 5.41) is 6.09. The topological polar surface area (TPSA) is 38.9 Å². The molecule has 6 aromatic carbocycles. The highest BCUT2D eigenvalue weighted by Crippen LogP contribution is 2.41. The molecule has 0 aliphatic heterocycles. The number of benzene rings is 6. The van der Waals surface area contributed by atoms with Gasteiger partial charge in [-0.25, -0.2) is 9.97 Å². The molecule has 0 unspecified atom stereocenters. The lowest BCUT2D eigenvalue weighted by Crippen LogP contribution is -1.90. The number of aromatic nitrogens is 2. The van der Waals surface area contributed by atoms with E-state index in [2.05, 4.69) is 146 Å². The zero-order chi connectivity index (χ0) is 34.8. The highest BCUT2D eigenvalue weighted by molar-refractivity contribution is 7.26. The first-order valence-corrected chi connectivity index (χ1v) is 18.9. The lowest BCUT2D eigenvalue weighted by atomic mass is 9.97. The molecule has 0 aliphatic rings. The zero-order valence-corrected chi connectivity index (χ0v) is 29.9. The molecule has 52 heavy (non-hydrogen) atoms. The second-order valence-corrected chi connectivity index (χ2v) is 15.1. The smallest absolute Gasteiger partial charge is 0.172 e. The summed E-state index contributed by atoms with van der Waals surface area (Å²) in [6, 6.07) is 45.2. The first kappa shape index (κ1) is 30.7. The Morgan fingerprint density at radius 2 is 1.35 bits per heavy atom. The first-order valence-electron chi connectivity index (χ1n) is 17.3. The number of nitrogens with zero attached hydrogens (tertiary/aromatic N) is 2. The predicted molar refractivity (Wildman–Crippen MR) is 224 cm³/mol. The molecule has 0 N–H and O–H groups in total. The van der Waals surface area contributed by atoms with E-state index in [-0.39, 0.29) is 0 Å². The van der Waals surface area contributed by atoms with E-state index in [1.54, 1.807) is 6.20 Å². The molecule has 0 fully saturated rings. The average molecular weight is 703 g/mol. The number of rotatable bonds is 6. The third-order valence-electron chi connectivity index (χ3n) is 9.81. The van der Waals surface area contributed by atoms with Crippen LogP contribution in [0.2, 0.25) is 0 Å². The molecule has 0 aliphatic carbocycles. The number of hydrogen-bond donors (Lipinski definition) is 0. The summed E-state index contributed by atoms with van der Waals surface area (Å²) < 4.78 is 11.4. The van der Waals surface area contributed by atoms with Crippen molar-refractivity contribution in [3.8, 4) is 22.5 Å². The molecule has 10 rings (SSSR count). The fourth-order valence-corrected chi connectivity index (χ4v) is 9.84. The lowest BCUT2D eigenvalue weighted by molar-refractivity contribution is 0.666. The summed E-state index contributed by atoms with van der Waals surface area (Å²) in [6.45, 7) is 6.60. The van der Waals surface area contributed by atoms with Gasteiger partial charge in [0, 0.05) is 51.3 Å². The van der Waals surface area contributed by atoms with Crippen LogP contribution in [-0.2, 0) is 0 Å². The van der Waals surface area contributed by atoms with E-state index in [9.17, 15) is 0 Å². The lowest BCUT2D eigenvalue weighted by Gasteiger charge is -2.08. The van der Waals surface area contributed by atoms with Gasteiger partial charge in [-0.3, -0.25) is 0 Å². The molecule has 5 heteroatoms. The van der Waals surface area contributed by atoms with Gasteiger partial charge in [0.2, 0.25) is 0 Å². The Labute approximate surface area is 308 Å². The molecule has 4 aromatic heterocycles. The van der Waals surface area contributed by atoms with Gasteiger partial charge in [0.05, 0.1) is 6.20 Å². The van der Waals surface area contributed by atoms with Crippen LogP contribution in [0, 0.1) is 0 Å². The maximum absolute atomic E-state index is 6.26. The van der Waals surface area contributed by atoms with Gasteiger partial charge in [0.25, 0.3) is 0 Å². The third-order valence-corrected chi connectivity index (χ3v) is 12.2. The molecule has 0 amide bonds. The molecule has 0 saturated carbocycles. The third kappa shape index (κ3) is 5.01. The number of hydrogen-bond acceptors (Lipinski definition) is 5. The minimum atomic E-state index is 0.666.